The molecule has 0 bridgehead atoms. The standard InChI is InChI=1S/C12H16N4/c13-9-4-6-16-8-11(15-12(16)7-9)10-3-1-2-5-14-10/h4,6-8,10,14H,1-3,5,13H2. The van der Waals surface area contributed by atoms with Crippen molar-refractivity contribution in [2.45, 2.75) is 25.3 Å². The lowest BCUT2D eigenvalue weighted by molar-refractivity contribution is 0.406. The molecule has 1 saturated heterocycles. The summed E-state index contributed by atoms with van der Waals surface area (Å²) in [5.74, 6) is 0. The van der Waals surface area contributed by atoms with Gasteiger partial charge in [0.1, 0.15) is 5.65 Å². The third-order valence-electron chi connectivity index (χ3n) is 3.17. The van der Waals surface area contributed by atoms with Crippen LogP contribution in [0.3, 0.4) is 0 Å². The van der Waals surface area contributed by atoms with Crippen molar-refractivity contribution in [3.05, 3.63) is 30.2 Å². The van der Waals surface area contributed by atoms with Crippen LogP contribution in [0.25, 0.3) is 5.65 Å². The van der Waals surface area contributed by atoms with E-state index < -0.39 is 0 Å². The minimum absolute atomic E-state index is 0.412. The molecule has 0 aliphatic carbocycles. The maximum absolute atomic E-state index is 5.74. The van der Waals surface area contributed by atoms with Gasteiger partial charge in [-0.25, -0.2) is 4.98 Å². The van der Waals surface area contributed by atoms with Gasteiger partial charge in [0, 0.05) is 24.1 Å². The molecule has 2 aromatic rings. The number of nitrogens with one attached hydrogen (secondary N) is 1. The number of anilines is 1. The zero-order chi connectivity index (χ0) is 11.0. The Bertz CT molecular complexity index is 497. The van der Waals surface area contributed by atoms with E-state index in [0.29, 0.717) is 6.04 Å². The molecule has 1 unspecified atom stereocenters. The maximum Gasteiger partial charge on any atom is 0.139 e. The van der Waals surface area contributed by atoms with Crippen LogP contribution in [-0.2, 0) is 0 Å². The van der Waals surface area contributed by atoms with Crippen LogP contribution >= 0.6 is 0 Å². The second-order valence-electron chi connectivity index (χ2n) is 4.39. The SMILES string of the molecule is Nc1ccn2cc(C3CCCCN3)nc2c1. The number of aromatic nitrogens is 2. The molecule has 1 atom stereocenters. The highest BCUT2D eigenvalue weighted by Gasteiger charge is 2.17. The van der Waals surface area contributed by atoms with E-state index in [1.165, 1.54) is 19.3 Å². The van der Waals surface area contributed by atoms with Crippen molar-refractivity contribution >= 4 is 11.3 Å². The van der Waals surface area contributed by atoms with Gasteiger partial charge >= 0.3 is 0 Å². The van der Waals surface area contributed by atoms with Gasteiger partial charge in [-0.2, -0.15) is 0 Å². The van der Waals surface area contributed by atoms with Crippen molar-refractivity contribution in [2.75, 3.05) is 12.3 Å². The first-order valence-corrected chi connectivity index (χ1v) is 5.80. The normalized spacial score (nSPS) is 21.4. The summed E-state index contributed by atoms with van der Waals surface area (Å²) >= 11 is 0. The lowest BCUT2D eigenvalue weighted by atomic mass is 10.0. The number of hydrogen-bond donors (Lipinski definition) is 2. The minimum atomic E-state index is 0.412. The van der Waals surface area contributed by atoms with Gasteiger partial charge in [0.25, 0.3) is 0 Å². The first-order valence-electron chi connectivity index (χ1n) is 5.80. The fraction of sp³-hybridized carbons (Fsp3) is 0.417. The average molecular weight is 216 g/mol. The number of nitrogen functional groups attached to an aromatic ring is 1. The molecule has 3 heterocycles. The van der Waals surface area contributed by atoms with E-state index in [4.69, 9.17) is 5.73 Å². The summed E-state index contributed by atoms with van der Waals surface area (Å²) in [5.41, 5.74) is 8.57. The van der Waals surface area contributed by atoms with E-state index >= 15 is 0 Å². The number of imidazole rings is 1. The van der Waals surface area contributed by atoms with E-state index in [1.54, 1.807) is 0 Å². The number of pyridine rings is 1. The van der Waals surface area contributed by atoms with Gasteiger partial charge in [0.05, 0.1) is 11.7 Å². The fourth-order valence-electron chi connectivity index (χ4n) is 2.29. The second kappa shape index (κ2) is 3.79. The van der Waals surface area contributed by atoms with Crippen molar-refractivity contribution < 1.29 is 0 Å². The van der Waals surface area contributed by atoms with E-state index in [9.17, 15) is 0 Å². The van der Waals surface area contributed by atoms with Gasteiger partial charge < -0.3 is 15.5 Å². The van der Waals surface area contributed by atoms with Crippen LogP contribution < -0.4 is 11.1 Å². The molecular weight excluding hydrogens is 200 g/mol. The van der Waals surface area contributed by atoms with Gasteiger partial charge in [-0.15, -0.1) is 0 Å². The third-order valence-corrected chi connectivity index (χ3v) is 3.17. The highest BCUT2D eigenvalue weighted by Crippen LogP contribution is 2.22. The topological polar surface area (TPSA) is 55.4 Å². The van der Waals surface area contributed by atoms with Gasteiger partial charge in [0.2, 0.25) is 0 Å². The molecule has 1 aliphatic rings. The Morgan fingerprint density at radius 3 is 3.19 bits per heavy atom. The molecule has 84 valence electrons. The van der Waals surface area contributed by atoms with E-state index in [-0.39, 0.29) is 0 Å². The highest BCUT2D eigenvalue weighted by atomic mass is 15.0. The summed E-state index contributed by atoms with van der Waals surface area (Å²) in [7, 11) is 0. The predicted octanol–water partition coefficient (Wildman–Crippen LogP) is 1.73. The van der Waals surface area contributed by atoms with Crippen LogP contribution in [0.15, 0.2) is 24.5 Å². The van der Waals surface area contributed by atoms with Crippen molar-refractivity contribution in [2.24, 2.45) is 0 Å². The summed E-state index contributed by atoms with van der Waals surface area (Å²) in [6.07, 6.45) is 7.80. The number of fused-ring (bicyclic) bond motifs is 1. The molecule has 2 aromatic heterocycles. The number of nitrogens with zero attached hydrogens (tertiary/aromatic N) is 2. The van der Waals surface area contributed by atoms with Crippen molar-refractivity contribution in [1.29, 1.82) is 0 Å². The van der Waals surface area contributed by atoms with Crippen LogP contribution in [0, 0.1) is 0 Å². The number of piperidine rings is 1. The molecule has 0 spiro atoms. The Balaban J connectivity index is 1.97. The summed E-state index contributed by atoms with van der Waals surface area (Å²) in [4.78, 5) is 4.62. The van der Waals surface area contributed by atoms with Crippen LogP contribution in [0.4, 0.5) is 5.69 Å². The Labute approximate surface area is 94.5 Å². The molecule has 0 amide bonds. The monoisotopic (exact) mass is 216 g/mol. The Morgan fingerprint density at radius 1 is 1.44 bits per heavy atom. The predicted molar refractivity (Wildman–Crippen MR) is 64.2 cm³/mol. The first-order chi connectivity index (χ1) is 7.83. The van der Waals surface area contributed by atoms with Crippen molar-refractivity contribution in [1.82, 2.24) is 14.7 Å². The van der Waals surface area contributed by atoms with Crippen molar-refractivity contribution in [3.8, 4) is 0 Å². The Hall–Kier alpha value is -1.55. The van der Waals surface area contributed by atoms with Gasteiger partial charge in [-0.3, -0.25) is 0 Å². The maximum atomic E-state index is 5.74. The summed E-state index contributed by atoms with van der Waals surface area (Å²) in [5, 5.41) is 3.50. The minimum Gasteiger partial charge on any atom is -0.399 e. The molecule has 3 rings (SSSR count). The van der Waals surface area contributed by atoms with E-state index in [1.807, 2.05) is 22.7 Å². The average Bonchev–Trinajstić information content (AvgIpc) is 2.73. The number of hydrogen-bond acceptors (Lipinski definition) is 3. The van der Waals surface area contributed by atoms with E-state index in [0.717, 1.165) is 23.6 Å². The molecule has 0 aromatic carbocycles. The largest absolute Gasteiger partial charge is 0.399 e. The molecule has 4 heteroatoms. The molecule has 1 fully saturated rings. The van der Waals surface area contributed by atoms with Crippen molar-refractivity contribution in [3.63, 3.8) is 0 Å². The summed E-state index contributed by atoms with van der Waals surface area (Å²) < 4.78 is 2.03. The number of rotatable bonds is 1. The second-order valence-corrected chi connectivity index (χ2v) is 4.39. The fourth-order valence-corrected chi connectivity index (χ4v) is 2.29. The molecule has 1 aliphatic heterocycles. The van der Waals surface area contributed by atoms with E-state index in [2.05, 4.69) is 16.5 Å². The molecule has 0 radical (unpaired) electrons. The lowest BCUT2D eigenvalue weighted by Gasteiger charge is -2.21. The van der Waals surface area contributed by atoms with Gasteiger partial charge in [-0.1, -0.05) is 6.42 Å². The quantitative estimate of drug-likeness (QED) is 0.763. The first kappa shape index (κ1) is 9.66. The lowest BCUT2D eigenvalue weighted by Crippen LogP contribution is -2.26. The Kier molecular flexibility index (Phi) is 2.29. The Morgan fingerprint density at radius 2 is 2.38 bits per heavy atom. The molecular formula is C12H16N4. The molecule has 4 nitrogen and oxygen atoms in total. The zero-order valence-electron chi connectivity index (χ0n) is 9.19. The zero-order valence-corrected chi connectivity index (χ0v) is 9.19. The third kappa shape index (κ3) is 1.65. The summed E-state index contributed by atoms with van der Waals surface area (Å²) in [6, 6.07) is 4.22. The summed E-state index contributed by atoms with van der Waals surface area (Å²) in [6.45, 7) is 1.10. The smallest absolute Gasteiger partial charge is 0.139 e. The van der Waals surface area contributed by atoms with Crippen LogP contribution in [0.2, 0.25) is 0 Å². The molecule has 0 saturated carbocycles. The highest BCUT2D eigenvalue weighted by molar-refractivity contribution is 5.52. The van der Waals surface area contributed by atoms with Gasteiger partial charge in [0.15, 0.2) is 0 Å². The number of nitrogens with two attached hydrogens (primary N) is 1. The van der Waals surface area contributed by atoms with Crippen LogP contribution in [0.1, 0.15) is 31.0 Å². The molecule has 16 heavy (non-hydrogen) atoms. The molecule has 3 N–H and O–H groups in total. The van der Waals surface area contributed by atoms with Crippen LogP contribution in [0.5, 0.6) is 0 Å². The van der Waals surface area contributed by atoms with Crippen LogP contribution in [-0.4, -0.2) is 15.9 Å². The van der Waals surface area contributed by atoms with Gasteiger partial charge in [-0.05, 0) is 25.5 Å².